The Balaban J connectivity index is 1.45. The van der Waals surface area contributed by atoms with Crippen LogP contribution >= 0.6 is 0 Å². The van der Waals surface area contributed by atoms with Crippen LogP contribution in [0, 0.1) is 0 Å². The molecular formula is C29H34N8O3. The van der Waals surface area contributed by atoms with Crippen molar-refractivity contribution < 1.29 is 14.3 Å². The number of amides is 1. The summed E-state index contributed by atoms with van der Waals surface area (Å²) < 4.78 is 13.0. The fourth-order valence-corrected chi connectivity index (χ4v) is 4.87. The molecule has 208 valence electrons. The lowest BCUT2D eigenvalue weighted by Crippen LogP contribution is -2.31. The Labute approximate surface area is 233 Å². The second-order valence-corrected chi connectivity index (χ2v) is 9.65. The molecule has 2 aromatic heterocycles. The fraction of sp³-hybridized carbons (Fsp3) is 0.310. The van der Waals surface area contributed by atoms with E-state index < -0.39 is 5.91 Å². The molecular weight excluding hydrogens is 508 g/mol. The molecule has 0 bridgehead atoms. The lowest BCUT2D eigenvalue weighted by molar-refractivity contribution is -0.113. The number of likely N-dealkylation sites (tertiary alicyclic amines) is 1. The molecule has 3 N–H and O–H groups in total. The number of nitrogens with zero attached hydrogens (tertiary/aromatic N) is 6. The highest BCUT2D eigenvalue weighted by molar-refractivity contribution is 5.92. The predicted octanol–water partition coefficient (Wildman–Crippen LogP) is 3.61. The van der Waals surface area contributed by atoms with E-state index in [1.54, 1.807) is 32.8 Å². The molecule has 0 spiro atoms. The van der Waals surface area contributed by atoms with E-state index in [2.05, 4.69) is 25.1 Å². The summed E-state index contributed by atoms with van der Waals surface area (Å²) in [6, 6.07) is 11.4. The highest BCUT2D eigenvalue weighted by Gasteiger charge is 2.17. The third kappa shape index (κ3) is 5.99. The number of methoxy groups -OCH3 is 2. The van der Waals surface area contributed by atoms with Crippen molar-refractivity contribution in [2.45, 2.75) is 12.8 Å². The molecule has 11 nitrogen and oxygen atoms in total. The Hall–Kier alpha value is -4.64. The quantitative estimate of drug-likeness (QED) is 0.274. The van der Waals surface area contributed by atoms with Crippen LogP contribution in [0.2, 0.25) is 0 Å². The maximum Gasteiger partial charge on any atom is 0.241 e. The summed E-state index contributed by atoms with van der Waals surface area (Å²) >= 11 is 0. The number of ether oxygens (including phenoxy) is 2. The number of nitrogens with two attached hydrogens (primary N) is 1. The van der Waals surface area contributed by atoms with Gasteiger partial charge < -0.3 is 30.3 Å². The van der Waals surface area contributed by atoms with Crippen molar-refractivity contribution in [3.05, 3.63) is 60.6 Å². The van der Waals surface area contributed by atoms with E-state index >= 15 is 0 Å². The van der Waals surface area contributed by atoms with Crippen LogP contribution in [0.3, 0.4) is 0 Å². The summed E-state index contributed by atoms with van der Waals surface area (Å²) in [5.41, 5.74) is 9.50. The van der Waals surface area contributed by atoms with Crippen molar-refractivity contribution in [1.82, 2.24) is 24.4 Å². The Morgan fingerprint density at radius 2 is 1.95 bits per heavy atom. The Kier molecular flexibility index (Phi) is 8.11. The molecule has 11 heteroatoms. The third-order valence-electron chi connectivity index (χ3n) is 7.03. The number of anilines is 3. The maximum absolute atomic E-state index is 11.6. The minimum Gasteiger partial charge on any atom is -0.497 e. The van der Waals surface area contributed by atoms with Crippen LogP contribution in [0.1, 0.15) is 18.4 Å². The monoisotopic (exact) mass is 542 g/mol. The number of likely N-dealkylation sites (N-methyl/N-ethyl adjacent to an activating group) is 1. The van der Waals surface area contributed by atoms with Gasteiger partial charge in [0.05, 0.1) is 30.9 Å². The molecule has 5 rings (SSSR count). The van der Waals surface area contributed by atoms with Crippen LogP contribution in [0.25, 0.3) is 22.9 Å². The minimum atomic E-state index is -0.517. The Bertz CT molecular complexity index is 1530. The van der Waals surface area contributed by atoms with Crippen molar-refractivity contribution in [3.8, 4) is 17.3 Å². The summed E-state index contributed by atoms with van der Waals surface area (Å²) in [6.07, 6.45) is 8.97. The summed E-state index contributed by atoms with van der Waals surface area (Å²) in [4.78, 5) is 29.8. The first-order valence-electron chi connectivity index (χ1n) is 13.2. The van der Waals surface area contributed by atoms with Crippen molar-refractivity contribution in [2.24, 2.45) is 5.73 Å². The molecule has 3 heterocycles. The molecule has 1 saturated heterocycles. The van der Waals surface area contributed by atoms with Gasteiger partial charge in [-0.05, 0) is 56.3 Å². The van der Waals surface area contributed by atoms with Gasteiger partial charge in [-0.25, -0.2) is 9.97 Å². The van der Waals surface area contributed by atoms with E-state index in [4.69, 9.17) is 20.2 Å². The zero-order valence-electron chi connectivity index (χ0n) is 23.0. The number of imidazole rings is 1. The van der Waals surface area contributed by atoms with E-state index in [1.807, 2.05) is 48.0 Å². The van der Waals surface area contributed by atoms with Gasteiger partial charge in [0.1, 0.15) is 23.6 Å². The SMILES string of the molecule is COc1ccc2ncn(-c3ccnc(Nc4cc(C=CC(N)=O)c(N(C)CCN5CCCC5)cc4OC)n3)c2c1. The molecule has 2 aromatic carbocycles. The van der Waals surface area contributed by atoms with Crippen LogP contribution in [-0.2, 0) is 4.79 Å². The van der Waals surface area contributed by atoms with E-state index in [0.717, 1.165) is 54.2 Å². The van der Waals surface area contributed by atoms with Gasteiger partial charge >= 0.3 is 0 Å². The number of nitrogens with one attached hydrogen (secondary N) is 1. The number of hydrogen-bond donors (Lipinski definition) is 2. The van der Waals surface area contributed by atoms with Gasteiger partial charge in [0.25, 0.3) is 0 Å². The van der Waals surface area contributed by atoms with Crippen molar-refractivity contribution in [1.29, 1.82) is 0 Å². The molecule has 0 radical (unpaired) electrons. The van der Waals surface area contributed by atoms with E-state index in [-0.39, 0.29) is 0 Å². The van der Waals surface area contributed by atoms with Gasteiger partial charge in [0, 0.05) is 55.8 Å². The maximum atomic E-state index is 11.6. The number of aromatic nitrogens is 4. The van der Waals surface area contributed by atoms with Gasteiger partial charge in [-0.1, -0.05) is 0 Å². The van der Waals surface area contributed by atoms with Crippen LogP contribution in [-0.4, -0.2) is 77.8 Å². The van der Waals surface area contributed by atoms with Crippen LogP contribution < -0.4 is 25.4 Å². The topological polar surface area (TPSA) is 124 Å². The molecule has 0 aliphatic carbocycles. The molecule has 0 unspecified atom stereocenters. The summed E-state index contributed by atoms with van der Waals surface area (Å²) in [5.74, 6) is 1.84. The average Bonchev–Trinajstić information content (AvgIpc) is 3.64. The molecule has 0 saturated carbocycles. The largest absolute Gasteiger partial charge is 0.497 e. The molecule has 1 aliphatic rings. The number of primary amides is 1. The normalized spacial score (nSPS) is 13.7. The van der Waals surface area contributed by atoms with Crippen molar-refractivity contribution in [3.63, 3.8) is 0 Å². The molecule has 1 fully saturated rings. The summed E-state index contributed by atoms with van der Waals surface area (Å²) in [7, 11) is 5.29. The lowest BCUT2D eigenvalue weighted by atomic mass is 10.1. The van der Waals surface area contributed by atoms with Crippen LogP contribution in [0.4, 0.5) is 17.3 Å². The predicted molar refractivity (Wildman–Crippen MR) is 157 cm³/mol. The van der Waals surface area contributed by atoms with E-state index in [0.29, 0.717) is 23.2 Å². The molecule has 0 atom stereocenters. The first-order valence-corrected chi connectivity index (χ1v) is 13.2. The number of hydrogen-bond acceptors (Lipinski definition) is 9. The molecule has 1 amide bonds. The first kappa shape index (κ1) is 26.9. The number of fused-ring (bicyclic) bond motifs is 1. The van der Waals surface area contributed by atoms with Gasteiger partial charge in [0.15, 0.2) is 0 Å². The average molecular weight is 543 g/mol. The fourth-order valence-electron chi connectivity index (χ4n) is 4.87. The second kappa shape index (κ2) is 12.0. The zero-order valence-corrected chi connectivity index (χ0v) is 23.0. The lowest BCUT2D eigenvalue weighted by Gasteiger charge is -2.26. The van der Waals surface area contributed by atoms with Gasteiger partial charge in [-0.3, -0.25) is 9.36 Å². The Morgan fingerprint density at radius 1 is 1.12 bits per heavy atom. The smallest absolute Gasteiger partial charge is 0.241 e. The highest BCUT2D eigenvalue weighted by Crippen LogP contribution is 2.35. The zero-order chi connectivity index (χ0) is 28.1. The van der Waals surface area contributed by atoms with E-state index in [9.17, 15) is 4.79 Å². The van der Waals surface area contributed by atoms with Gasteiger partial charge in [-0.2, -0.15) is 4.98 Å². The minimum absolute atomic E-state index is 0.375. The molecule has 40 heavy (non-hydrogen) atoms. The summed E-state index contributed by atoms with van der Waals surface area (Å²) in [6.45, 7) is 4.07. The van der Waals surface area contributed by atoms with Crippen LogP contribution in [0.5, 0.6) is 11.5 Å². The van der Waals surface area contributed by atoms with Gasteiger partial charge in [-0.15, -0.1) is 0 Å². The highest BCUT2D eigenvalue weighted by atomic mass is 16.5. The van der Waals surface area contributed by atoms with Crippen molar-refractivity contribution in [2.75, 3.05) is 57.7 Å². The number of carbonyl (C=O) groups excluding carboxylic acids is 1. The second-order valence-electron chi connectivity index (χ2n) is 9.65. The molecule has 1 aliphatic heterocycles. The molecule has 4 aromatic rings. The standard InChI is InChI=1S/C29H34N8O3/c1-35(14-15-36-12-4-5-13-36)24-18-26(40-3)23(16-20(24)6-9-27(30)38)33-29-31-11-10-28(34-29)37-19-32-22-8-7-21(39-2)17-25(22)37/h6-11,16-19H,4-5,12-15H2,1-3H3,(H2,30,38)(H,31,33,34). The number of carbonyl (C=O) groups is 1. The first-order chi connectivity index (χ1) is 19.4. The van der Waals surface area contributed by atoms with Crippen LogP contribution in [0.15, 0.2) is 55.0 Å². The van der Waals surface area contributed by atoms with Crippen molar-refractivity contribution >= 4 is 40.3 Å². The Morgan fingerprint density at radius 3 is 2.70 bits per heavy atom. The number of rotatable bonds is 11. The number of benzene rings is 2. The third-order valence-corrected chi connectivity index (χ3v) is 7.03. The summed E-state index contributed by atoms with van der Waals surface area (Å²) in [5, 5.41) is 3.28. The van der Waals surface area contributed by atoms with E-state index in [1.165, 1.54) is 18.9 Å². The van der Waals surface area contributed by atoms with Gasteiger partial charge in [0.2, 0.25) is 11.9 Å².